The molecule has 0 radical (unpaired) electrons. The van der Waals surface area contributed by atoms with E-state index in [-0.39, 0.29) is 11.7 Å². The van der Waals surface area contributed by atoms with E-state index in [9.17, 15) is 9.59 Å². The van der Waals surface area contributed by atoms with Crippen LogP contribution >= 0.6 is 0 Å². The molecule has 0 saturated heterocycles. The lowest BCUT2D eigenvalue weighted by atomic mass is 10.1. The first-order chi connectivity index (χ1) is 9.58. The number of ether oxygens (including phenoxy) is 1. The zero-order valence-corrected chi connectivity index (χ0v) is 11.8. The van der Waals surface area contributed by atoms with E-state index in [1.165, 1.54) is 9.08 Å². The summed E-state index contributed by atoms with van der Waals surface area (Å²) < 4.78 is 7.98. The van der Waals surface area contributed by atoms with Crippen LogP contribution in [0.1, 0.15) is 26.7 Å². The van der Waals surface area contributed by atoms with Crippen molar-refractivity contribution < 1.29 is 9.53 Å². The van der Waals surface area contributed by atoms with Crippen molar-refractivity contribution in [1.82, 2.24) is 14.2 Å². The molecule has 0 saturated carbocycles. The molecule has 2 aromatic rings. The minimum Gasteiger partial charge on any atom is -0.466 e. The molecule has 0 bridgehead atoms. The molecule has 108 valence electrons. The number of pyridine rings is 1. The zero-order chi connectivity index (χ0) is 14.5. The highest BCUT2D eigenvalue weighted by atomic mass is 16.5. The molecule has 0 amide bonds. The molecule has 6 nitrogen and oxygen atoms in total. The lowest BCUT2D eigenvalue weighted by Crippen LogP contribution is -2.22. The molecule has 0 N–H and O–H groups in total. The fourth-order valence-electron chi connectivity index (χ4n) is 1.91. The number of carbonyl (C=O) groups excluding carboxylic acids is 1. The van der Waals surface area contributed by atoms with E-state index < -0.39 is 0 Å². The predicted octanol–water partition coefficient (Wildman–Crippen LogP) is 1.48. The Bertz CT molecular complexity index is 642. The van der Waals surface area contributed by atoms with E-state index in [2.05, 4.69) is 5.10 Å². The number of hydrogen-bond acceptors (Lipinski definition) is 4. The van der Waals surface area contributed by atoms with Crippen LogP contribution in [0.5, 0.6) is 0 Å². The summed E-state index contributed by atoms with van der Waals surface area (Å²) in [5.41, 5.74) is 0.448. The summed E-state index contributed by atoms with van der Waals surface area (Å²) in [5.74, 6) is 0.103. The van der Waals surface area contributed by atoms with E-state index in [0.29, 0.717) is 37.6 Å². The van der Waals surface area contributed by atoms with Crippen molar-refractivity contribution in [3.8, 4) is 0 Å². The van der Waals surface area contributed by atoms with Crippen molar-refractivity contribution >= 4 is 11.6 Å². The zero-order valence-electron chi connectivity index (χ0n) is 11.8. The minimum absolute atomic E-state index is 0.172. The maximum absolute atomic E-state index is 12.0. The number of esters is 1. The Balaban J connectivity index is 1.86. The molecule has 2 aromatic heterocycles. The molecule has 0 aliphatic heterocycles. The van der Waals surface area contributed by atoms with Gasteiger partial charge in [-0.3, -0.25) is 9.20 Å². The first kappa shape index (κ1) is 14.3. The predicted molar refractivity (Wildman–Crippen MR) is 74.5 cm³/mol. The summed E-state index contributed by atoms with van der Waals surface area (Å²) in [7, 11) is 0. The van der Waals surface area contributed by atoms with Crippen molar-refractivity contribution in [2.75, 3.05) is 6.61 Å². The highest BCUT2D eigenvalue weighted by Gasteiger charge is 2.07. The third kappa shape index (κ3) is 3.46. The molecule has 2 rings (SSSR count). The molecule has 0 spiro atoms. The first-order valence-electron chi connectivity index (χ1n) is 6.78. The van der Waals surface area contributed by atoms with Crippen molar-refractivity contribution in [2.24, 2.45) is 5.92 Å². The number of aryl methyl sites for hydroxylation is 1. The molecule has 0 aliphatic rings. The summed E-state index contributed by atoms with van der Waals surface area (Å²) in [6, 6.07) is 5.40. The van der Waals surface area contributed by atoms with Crippen LogP contribution in [0.15, 0.2) is 29.2 Å². The van der Waals surface area contributed by atoms with Crippen LogP contribution in [0.4, 0.5) is 0 Å². The van der Waals surface area contributed by atoms with Gasteiger partial charge in [0.2, 0.25) is 0 Å². The van der Waals surface area contributed by atoms with Gasteiger partial charge in [0, 0.05) is 25.6 Å². The quantitative estimate of drug-likeness (QED) is 0.592. The van der Waals surface area contributed by atoms with Crippen LogP contribution in [0.2, 0.25) is 0 Å². The molecular formula is C14H19N3O3. The Hall–Kier alpha value is -2.11. The highest BCUT2D eigenvalue weighted by Crippen LogP contribution is 2.01. The summed E-state index contributed by atoms with van der Waals surface area (Å²) >= 11 is 0. The monoisotopic (exact) mass is 277 g/mol. The van der Waals surface area contributed by atoms with E-state index in [0.717, 1.165) is 0 Å². The van der Waals surface area contributed by atoms with Gasteiger partial charge in [0.25, 0.3) is 0 Å². The van der Waals surface area contributed by atoms with Crippen molar-refractivity contribution in [3.63, 3.8) is 0 Å². The third-order valence-electron chi connectivity index (χ3n) is 2.84. The number of nitrogens with zero attached hydrogens (tertiary/aromatic N) is 3. The average Bonchev–Trinajstić information content (AvgIpc) is 2.71. The normalized spacial score (nSPS) is 11.2. The second-order valence-electron chi connectivity index (χ2n) is 5.11. The van der Waals surface area contributed by atoms with Gasteiger partial charge in [0.15, 0.2) is 5.65 Å². The molecule has 6 heteroatoms. The smallest absolute Gasteiger partial charge is 0.350 e. The lowest BCUT2D eigenvalue weighted by molar-refractivity contribution is -0.144. The fourth-order valence-corrected chi connectivity index (χ4v) is 1.91. The second kappa shape index (κ2) is 6.36. The molecule has 0 aliphatic carbocycles. The Morgan fingerprint density at radius 2 is 2.20 bits per heavy atom. The number of aromatic nitrogens is 3. The Morgan fingerprint density at radius 1 is 1.40 bits per heavy atom. The Labute approximate surface area is 117 Å². The summed E-state index contributed by atoms with van der Waals surface area (Å²) in [6.45, 7) is 4.69. The molecule has 2 heterocycles. The largest absolute Gasteiger partial charge is 0.466 e. The van der Waals surface area contributed by atoms with E-state index in [1.54, 1.807) is 18.3 Å². The van der Waals surface area contributed by atoms with Gasteiger partial charge < -0.3 is 4.74 Å². The van der Waals surface area contributed by atoms with Crippen molar-refractivity contribution in [3.05, 3.63) is 34.9 Å². The van der Waals surface area contributed by atoms with E-state index in [4.69, 9.17) is 4.74 Å². The molecule has 0 unspecified atom stereocenters. The molecule has 0 atom stereocenters. The first-order valence-corrected chi connectivity index (χ1v) is 6.78. The molecular weight excluding hydrogens is 258 g/mol. The number of rotatable bonds is 6. The van der Waals surface area contributed by atoms with Crippen LogP contribution in [0, 0.1) is 5.92 Å². The van der Waals surface area contributed by atoms with Gasteiger partial charge in [-0.25, -0.2) is 9.48 Å². The summed E-state index contributed by atoms with van der Waals surface area (Å²) in [4.78, 5) is 23.3. The van der Waals surface area contributed by atoms with Crippen LogP contribution in [0.3, 0.4) is 0 Å². The molecule has 0 fully saturated rings. The van der Waals surface area contributed by atoms with E-state index >= 15 is 0 Å². The number of hydrogen-bond donors (Lipinski definition) is 0. The van der Waals surface area contributed by atoms with Gasteiger partial charge in [-0.1, -0.05) is 19.9 Å². The fraction of sp³-hybridized carbons (Fsp3) is 0.500. The SMILES string of the molecule is CC(C)CC(=O)OCCCn1nc2ccccn2c1=O. The Morgan fingerprint density at radius 3 is 2.90 bits per heavy atom. The topological polar surface area (TPSA) is 65.6 Å². The second-order valence-corrected chi connectivity index (χ2v) is 5.11. The average molecular weight is 277 g/mol. The summed E-state index contributed by atoms with van der Waals surface area (Å²) in [6.07, 6.45) is 2.69. The Kier molecular flexibility index (Phi) is 4.55. The van der Waals surface area contributed by atoms with Gasteiger partial charge >= 0.3 is 11.7 Å². The maximum atomic E-state index is 12.0. The minimum atomic E-state index is -0.192. The van der Waals surface area contributed by atoms with Gasteiger partial charge in [-0.05, 0) is 18.1 Å². The molecule has 0 aromatic carbocycles. The van der Waals surface area contributed by atoms with E-state index in [1.807, 2.05) is 19.9 Å². The van der Waals surface area contributed by atoms with Crippen LogP contribution in [0.25, 0.3) is 5.65 Å². The lowest BCUT2D eigenvalue weighted by Gasteiger charge is -2.06. The summed E-state index contributed by atoms with van der Waals surface area (Å²) in [5, 5.41) is 4.20. The third-order valence-corrected chi connectivity index (χ3v) is 2.84. The maximum Gasteiger partial charge on any atom is 0.350 e. The van der Waals surface area contributed by atoms with Crippen molar-refractivity contribution in [2.45, 2.75) is 33.2 Å². The van der Waals surface area contributed by atoms with Gasteiger partial charge in [-0.2, -0.15) is 0 Å². The van der Waals surface area contributed by atoms with Crippen molar-refractivity contribution in [1.29, 1.82) is 0 Å². The molecule has 20 heavy (non-hydrogen) atoms. The van der Waals surface area contributed by atoms with Gasteiger partial charge in [-0.15, -0.1) is 5.10 Å². The van der Waals surface area contributed by atoms with Crippen LogP contribution in [-0.4, -0.2) is 26.8 Å². The van der Waals surface area contributed by atoms with Crippen LogP contribution < -0.4 is 5.69 Å². The number of fused-ring (bicyclic) bond motifs is 1. The highest BCUT2D eigenvalue weighted by molar-refractivity contribution is 5.69. The standard InChI is InChI=1S/C14H19N3O3/c1-11(2)10-13(18)20-9-5-8-17-14(19)16-7-4-3-6-12(16)15-17/h3-4,6-7,11H,5,8-10H2,1-2H3. The van der Waals surface area contributed by atoms with Crippen LogP contribution in [-0.2, 0) is 16.1 Å². The number of carbonyl (C=O) groups is 1. The van der Waals surface area contributed by atoms with Gasteiger partial charge in [0.05, 0.1) is 6.61 Å². The van der Waals surface area contributed by atoms with Gasteiger partial charge in [0.1, 0.15) is 0 Å².